The molecule has 2 aromatic heterocycles. The molecule has 0 aliphatic rings. The van der Waals surface area contributed by atoms with Gasteiger partial charge in [-0.25, -0.2) is 17.4 Å². The van der Waals surface area contributed by atoms with Crippen LogP contribution < -0.4 is 14.2 Å². The third-order valence-electron chi connectivity index (χ3n) is 4.97. The van der Waals surface area contributed by atoms with Crippen LogP contribution in [0, 0.1) is 0 Å². The molecule has 36 heavy (non-hydrogen) atoms. The van der Waals surface area contributed by atoms with Crippen LogP contribution in [0.3, 0.4) is 0 Å². The van der Waals surface area contributed by atoms with Gasteiger partial charge in [0.15, 0.2) is 11.5 Å². The molecule has 4 aromatic rings. The van der Waals surface area contributed by atoms with E-state index in [1.165, 1.54) is 44.7 Å². The van der Waals surface area contributed by atoms with Gasteiger partial charge in [-0.3, -0.25) is 9.19 Å². The Hall–Kier alpha value is -3.10. The van der Waals surface area contributed by atoms with Crippen LogP contribution in [0.2, 0.25) is 0 Å². The molecule has 9 nitrogen and oxygen atoms in total. The van der Waals surface area contributed by atoms with Crippen LogP contribution in [0.5, 0.6) is 17.2 Å². The van der Waals surface area contributed by atoms with E-state index in [0.29, 0.717) is 10.2 Å². The van der Waals surface area contributed by atoms with Gasteiger partial charge in [0.2, 0.25) is 5.16 Å². The molecular weight excluding hydrogens is 584 g/mol. The third kappa shape index (κ3) is 5.06. The smallest absolute Gasteiger partial charge is 0.387 e. The maximum absolute atomic E-state index is 13.6. The number of methoxy groups -OCH3 is 2. The number of hydrogen-bond donors (Lipinski definition) is 0. The third-order valence-corrected chi connectivity index (χ3v) is 8.55. The molecule has 4 rings (SSSR count). The van der Waals surface area contributed by atoms with E-state index in [4.69, 9.17) is 9.47 Å². The lowest BCUT2D eigenvalue weighted by atomic mass is 10.3. The van der Waals surface area contributed by atoms with Gasteiger partial charge >= 0.3 is 6.61 Å². The van der Waals surface area contributed by atoms with E-state index < -0.39 is 27.4 Å². The predicted octanol–water partition coefficient (Wildman–Crippen LogP) is 4.36. The van der Waals surface area contributed by atoms with Gasteiger partial charge in [-0.05, 0) is 36.4 Å². The van der Waals surface area contributed by atoms with Crippen LogP contribution in [-0.2, 0) is 26.6 Å². The summed E-state index contributed by atoms with van der Waals surface area (Å²) >= 11 is 3.26. The van der Waals surface area contributed by atoms with Crippen LogP contribution >= 0.6 is 15.9 Å². The highest BCUT2D eigenvalue weighted by Crippen LogP contribution is 2.33. The van der Waals surface area contributed by atoms with Crippen molar-refractivity contribution in [3.8, 4) is 17.2 Å². The van der Waals surface area contributed by atoms with Crippen molar-refractivity contribution in [3.63, 3.8) is 0 Å². The molecule has 0 saturated heterocycles. The summed E-state index contributed by atoms with van der Waals surface area (Å²) in [5, 5.41) is -0.325. The second kappa shape index (κ2) is 10.5. The molecule has 0 bridgehead atoms. The van der Waals surface area contributed by atoms with E-state index in [1.54, 1.807) is 18.2 Å². The van der Waals surface area contributed by atoms with Gasteiger partial charge in [-0.15, -0.1) is 0 Å². The van der Waals surface area contributed by atoms with Crippen LogP contribution in [0.25, 0.3) is 11.0 Å². The van der Waals surface area contributed by atoms with Crippen molar-refractivity contribution in [1.82, 2.24) is 13.9 Å². The van der Waals surface area contributed by atoms with Gasteiger partial charge in [0.1, 0.15) is 5.75 Å². The summed E-state index contributed by atoms with van der Waals surface area (Å²) in [5.74, 6) is 0.0975. The number of nitrogens with zero attached hydrogens (tertiary/aromatic N) is 3. The molecule has 0 aliphatic heterocycles. The standard InChI is InChI=1S/C22H18BrF2N3O6S2/c1-32-19-9-10-26-17(20(19)33-2)12-35(29)22-27-16-11-14(34-21(24)25)5-8-18(16)28(22)36(30,31)15-6-3-13(23)4-7-15/h3-11,21H,12H2,1-2H3. The fourth-order valence-corrected chi connectivity index (χ4v) is 6.65. The van der Waals surface area contributed by atoms with Crippen LogP contribution in [0.4, 0.5) is 8.78 Å². The van der Waals surface area contributed by atoms with E-state index in [0.717, 1.165) is 10.0 Å². The highest BCUT2D eigenvalue weighted by molar-refractivity contribution is 9.10. The Labute approximate surface area is 215 Å². The number of halogens is 3. The Balaban J connectivity index is 1.88. The predicted molar refractivity (Wildman–Crippen MR) is 131 cm³/mol. The molecule has 0 amide bonds. The van der Waals surface area contributed by atoms with Gasteiger partial charge in [0.25, 0.3) is 10.0 Å². The number of alkyl halides is 2. The van der Waals surface area contributed by atoms with E-state index in [2.05, 4.69) is 30.6 Å². The number of pyridine rings is 1. The van der Waals surface area contributed by atoms with E-state index >= 15 is 0 Å². The molecule has 190 valence electrons. The fraction of sp³-hybridized carbons (Fsp3) is 0.182. The summed E-state index contributed by atoms with van der Waals surface area (Å²) in [4.78, 5) is 8.34. The Bertz CT molecular complexity index is 1550. The maximum atomic E-state index is 13.6. The molecule has 1 atom stereocenters. The molecule has 0 saturated carbocycles. The minimum atomic E-state index is -4.30. The number of benzene rings is 2. The Morgan fingerprint density at radius 1 is 1.08 bits per heavy atom. The lowest BCUT2D eigenvalue weighted by Crippen LogP contribution is -2.18. The lowest BCUT2D eigenvalue weighted by Gasteiger charge is -2.13. The highest BCUT2D eigenvalue weighted by atomic mass is 79.9. The molecule has 0 aliphatic carbocycles. The fourth-order valence-electron chi connectivity index (χ4n) is 3.42. The van der Waals surface area contributed by atoms with Crippen molar-refractivity contribution < 1.29 is 35.6 Å². The maximum Gasteiger partial charge on any atom is 0.387 e. The van der Waals surface area contributed by atoms with Gasteiger partial charge in [-0.1, -0.05) is 15.9 Å². The first-order valence-corrected chi connectivity index (χ1v) is 13.6. The Morgan fingerprint density at radius 2 is 1.81 bits per heavy atom. The first-order valence-electron chi connectivity index (χ1n) is 10.1. The van der Waals surface area contributed by atoms with E-state index in [-0.39, 0.29) is 44.0 Å². The molecule has 0 spiro atoms. The zero-order valence-corrected chi connectivity index (χ0v) is 21.9. The molecule has 0 N–H and O–H groups in total. The SMILES string of the molecule is COc1ccnc(CS(=O)c2nc3cc(OC(F)F)ccc3n2S(=O)(=O)c2ccc(Br)cc2)c1OC. The molecule has 0 fully saturated rings. The Kier molecular flexibility index (Phi) is 7.57. The summed E-state index contributed by atoms with van der Waals surface area (Å²) in [6, 6.07) is 11.0. The van der Waals surface area contributed by atoms with Gasteiger partial charge in [0.05, 0.1) is 52.4 Å². The molecular formula is C22H18BrF2N3O6S2. The second-order valence-corrected chi connectivity index (χ2v) is 11.2. The summed E-state index contributed by atoms with van der Waals surface area (Å²) in [6.07, 6.45) is 1.43. The van der Waals surface area contributed by atoms with E-state index in [1.807, 2.05) is 0 Å². The summed E-state index contributed by atoms with van der Waals surface area (Å²) in [5.41, 5.74) is 0.285. The van der Waals surface area contributed by atoms with Crippen molar-refractivity contribution in [1.29, 1.82) is 0 Å². The summed E-state index contributed by atoms with van der Waals surface area (Å²) in [6.45, 7) is -3.09. The topological polar surface area (TPSA) is 110 Å². The van der Waals surface area contributed by atoms with Gasteiger partial charge < -0.3 is 14.2 Å². The molecule has 0 radical (unpaired) electrons. The van der Waals surface area contributed by atoms with Crippen molar-refractivity contribution in [2.45, 2.75) is 22.4 Å². The number of hydrogen-bond acceptors (Lipinski definition) is 8. The van der Waals surface area contributed by atoms with Crippen molar-refractivity contribution in [2.75, 3.05) is 14.2 Å². The zero-order valence-electron chi connectivity index (χ0n) is 18.7. The summed E-state index contributed by atoms with van der Waals surface area (Å²) in [7, 11) is -3.54. The van der Waals surface area contributed by atoms with Crippen LogP contribution in [0.15, 0.2) is 69.3 Å². The van der Waals surface area contributed by atoms with E-state index in [9.17, 15) is 21.4 Å². The molecule has 2 heterocycles. The highest BCUT2D eigenvalue weighted by Gasteiger charge is 2.29. The first kappa shape index (κ1) is 26.0. The normalized spacial score (nSPS) is 12.6. The second-order valence-electron chi connectivity index (χ2n) is 7.13. The van der Waals surface area contributed by atoms with Crippen molar-refractivity contribution in [2.24, 2.45) is 0 Å². The molecule has 1 unspecified atom stereocenters. The lowest BCUT2D eigenvalue weighted by molar-refractivity contribution is -0.0497. The average molecular weight is 602 g/mol. The van der Waals surface area contributed by atoms with Crippen molar-refractivity contribution >= 4 is 47.8 Å². The van der Waals surface area contributed by atoms with Gasteiger partial charge in [-0.2, -0.15) is 8.78 Å². The quantitative estimate of drug-likeness (QED) is 0.278. The van der Waals surface area contributed by atoms with Crippen molar-refractivity contribution in [3.05, 3.63) is 64.9 Å². The number of fused-ring (bicyclic) bond motifs is 1. The molecule has 14 heteroatoms. The number of imidazole rings is 1. The number of ether oxygens (including phenoxy) is 3. The molecule has 2 aromatic carbocycles. The van der Waals surface area contributed by atoms with Gasteiger partial charge in [0, 0.05) is 22.8 Å². The Morgan fingerprint density at radius 3 is 2.44 bits per heavy atom. The monoisotopic (exact) mass is 601 g/mol. The minimum absolute atomic E-state index is 0.00255. The van der Waals surface area contributed by atoms with Crippen LogP contribution in [-0.4, -0.2) is 47.4 Å². The first-order chi connectivity index (χ1) is 17.1. The average Bonchev–Trinajstić information content (AvgIpc) is 3.23. The largest absolute Gasteiger partial charge is 0.493 e. The zero-order chi connectivity index (χ0) is 26.0. The van der Waals surface area contributed by atoms with Crippen LogP contribution in [0.1, 0.15) is 5.69 Å². The minimum Gasteiger partial charge on any atom is -0.493 e. The summed E-state index contributed by atoms with van der Waals surface area (Å²) < 4.78 is 82.8. The number of rotatable bonds is 9. The number of aromatic nitrogens is 3.